The number of phenolic OH excluding ortho intramolecular Hbond substituents is 1. The molecule has 17 heteroatoms. The number of hydrogen-bond acceptors (Lipinski definition) is 10. The number of nitrogens with zero attached hydrogens (tertiary/aromatic N) is 2. The molecule has 11 N–H and O–H groups in total. The number of amides is 5. The maximum absolute atomic E-state index is 13.9. The SMILES string of the molecule is NC(N)=NCCC[C@@H]1NC(=O)[C@@H]2CCCN2C(=O)[C@@H](NCO)CNC(=O)/C=C/[C@H](Cc2ccc(O)cc2)NC(=O)[C@@H](Cc2ccccc2)NC(=O)C1=O. The van der Waals surface area contributed by atoms with Crippen molar-refractivity contribution in [3.8, 4) is 5.75 Å². The van der Waals surface area contributed by atoms with Crippen molar-refractivity contribution in [2.24, 2.45) is 16.5 Å². The molecule has 0 aliphatic carbocycles. The number of hydrogen-bond donors (Lipinski definition) is 9. The third kappa shape index (κ3) is 12.1. The molecule has 284 valence electrons. The highest BCUT2D eigenvalue weighted by Crippen LogP contribution is 2.20. The molecule has 2 aliphatic rings. The molecule has 0 aromatic heterocycles. The first-order valence-electron chi connectivity index (χ1n) is 17.4. The molecule has 0 radical (unpaired) electrons. The molecule has 17 nitrogen and oxygen atoms in total. The molecule has 0 bridgehead atoms. The maximum Gasteiger partial charge on any atom is 0.290 e. The molecule has 2 heterocycles. The van der Waals surface area contributed by atoms with Crippen molar-refractivity contribution in [2.75, 3.05) is 26.4 Å². The molecule has 5 atom stereocenters. The highest BCUT2D eigenvalue weighted by atomic mass is 16.3. The van der Waals surface area contributed by atoms with Gasteiger partial charge in [0, 0.05) is 32.1 Å². The number of nitrogens with one attached hydrogen (secondary N) is 5. The zero-order chi connectivity index (χ0) is 38.3. The van der Waals surface area contributed by atoms with Crippen molar-refractivity contribution in [3.63, 3.8) is 0 Å². The second-order valence-corrected chi connectivity index (χ2v) is 12.8. The number of aliphatic hydroxyl groups is 1. The van der Waals surface area contributed by atoms with E-state index >= 15 is 0 Å². The van der Waals surface area contributed by atoms with Crippen LogP contribution in [0.2, 0.25) is 0 Å². The molecule has 0 spiro atoms. The van der Waals surface area contributed by atoms with Gasteiger partial charge in [-0.25, -0.2) is 0 Å². The van der Waals surface area contributed by atoms with Crippen LogP contribution in [0, 0.1) is 0 Å². The van der Waals surface area contributed by atoms with Gasteiger partial charge in [-0.15, -0.1) is 0 Å². The van der Waals surface area contributed by atoms with E-state index in [9.17, 15) is 39.0 Å². The van der Waals surface area contributed by atoms with Gasteiger partial charge in [0.05, 0.1) is 18.8 Å². The van der Waals surface area contributed by atoms with E-state index in [1.165, 1.54) is 29.2 Å². The van der Waals surface area contributed by atoms with E-state index in [0.717, 1.165) is 0 Å². The van der Waals surface area contributed by atoms with Crippen LogP contribution in [-0.4, -0.2) is 113 Å². The second kappa shape index (κ2) is 19.7. The van der Waals surface area contributed by atoms with Gasteiger partial charge in [-0.3, -0.25) is 39.1 Å². The average Bonchev–Trinajstić information content (AvgIpc) is 3.64. The molecule has 2 aromatic carbocycles. The van der Waals surface area contributed by atoms with Gasteiger partial charge < -0.3 is 47.8 Å². The smallest absolute Gasteiger partial charge is 0.290 e. The Morgan fingerprint density at radius 1 is 0.887 bits per heavy atom. The van der Waals surface area contributed by atoms with E-state index in [2.05, 4.69) is 31.6 Å². The van der Waals surface area contributed by atoms with Gasteiger partial charge >= 0.3 is 0 Å². The summed E-state index contributed by atoms with van der Waals surface area (Å²) in [5, 5.41) is 32.7. The molecule has 1 fully saturated rings. The molecular weight excluding hydrogens is 686 g/mol. The monoisotopic (exact) mass is 733 g/mol. The van der Waals surface area contributed by atoms with E-state index in [1.54, 1.807) is 42.5 Å². The van der Waals surface area contributed by atoms with Crippen LogP contribution in [0.4, 0.5) is 0 Å². The molecule has 4 rings (SSSR count). The zero-order valence-electron chi connectivity index (χ0n) is 29.2. The van der Waals surface area contributed by atoms with Gasteiger partial charge in [0.1, 0.15) is 23.9 Å². The fraction of sp³-hybridized carbons (Fsp3) is 0.417. The van der Waals surface area contributed by atoms with Gasteiger partial charge in [0.25, 0.3) is 5.91 Å². The predicted molar refractivity (Wildman–Crippen MR) is 194 cm³/mol. The summed E-state index contributed by atoms with van der Waals surface area (Å²) >= 11 is 0. The van der Waals surface area contributed by atoms with Crippen LogP contribution in [0.15, 0.2) is 71.7 Å². The Bertz CT molecular complexity index is 1660. The number of carbonyl (C=O) groups is 6. The van der Waals surface area contributed by atoms with Gasteiger partial charge in [-0.05, 0) is 55.4 Å². The predicted octanol–water partition coefficient (Wildman–Crippen LogP) is -2.16. The zero-order valence-corrected chi connectivity index (χ0v) is 29.2. The molecule has 53 heavy (non-hydrogen) atoms. The van der Waals surface area contributed by atoms with Crippen LogP contribution < -0.4 is 38.1 Å². The lowest BCUT2D eigenvalue weighted by Gasteiger charge is -2.29. The summed E-state index contributed by atoms with van der Waals surface area (Å²) < 4.78 is 0. The average molecular weight is 734 g/mol. The number of aliphatic imine (C=N–C) groups is 1. The van der Waals surface area contributed by atoms with E-state index in [0.29, 0.717) is 17.5 Å². The van der Waals surface area contributed by atoms with Gasteiger partial charge in [-0.2, -0.15) is 0 Å². The summed E-state index contributed by atoms with van der Waals surface area (Å²) in [6.45, 7) is -0.538. The Balaban J connectivity index is 1.71. The number of carbonyl (C=O) groups excluding carboxylic acids is 6. The highest BCUT2D eigenvalue weighted by Gasteiger charge is 2.39. The summed E-state index contributed by atoms with van der Waals surface area (Å²) in [5.41, 5.74) is 12.3. The van der Waals surface area contributed by atoms with Crippen LogP contribution in [0.5, 0.6) is 5.75 Å². The number of Topliss-reactive ketones (excluding diaryl/α,β-unsaturated/α-hetero) is 1. The second-order valence-electron chi connectivity index (χ2n) is 12.8. The fourth-order valence-corrected chi connectivity index (χ4v) is 6.15. The fourth-order valence-electron chi connectivity index (χ4n) is 6.15. The highest BCUT2D eigenvalue weighted by molar-refractivity contribution is 6.38. The van der Waals surface area contributed by atoms with Crippen LogP contribution in [0.25, 0.3) is 0 Å². The first-order chi connectivity index (χ1) is 25.4. The number of aliphatic hydroxyl groups excluding tert-OH is 1. The van der Waals surface area contributed by atoms with Crippen molar-refractivity contribution in [1.82, 2.24) is 31.5 Å². The quantitative estimate of drug-likeness (QED) is 0.0417. The van der Waals surface area contributed by atoms with Crippen molar-refractivity contribution in [3.05, 3.63) is 77.9 Å². The van der Waals surface area contributed by atoms with E-state index in [-0.39, 0.29) is 63.4 Å². The Labute approximate surface area is 306 Å². The summed E-state index contributed by atoms with van der Waals surface area (Å²) in [6, 6.07) is 9.54. The minimum atomic E-state index is -1.35. The lowest BCUT2D eigenvalue weighted by molar-refractivity contribution is -0.143. The Kier molecular flexibility index (Phi) is 14.9. The molecule has 1 saturated heterocycles. The number of benzene rings is 2. The number of guanidine groups is 1. The Morgan fingerprint density at radius 2 is 1.60 bits per heavy atom. The largest absolute Gasteiger partial charge is 0.508 e. The first kappa shape index (κ1) is 40.0. The number of rotatable bonds is 10. The lowest BCUT2D eigenvalue weighted by Crippen LogP contribution is -2.58. The van der Waals surface area contributed by atoms with Gasteiger partial charge in [-0.1, -0.05) is 48.5 Å². The topological polar surface area (TPSA) is 271 Å². The number of phenols is 1. The van der Waals surface area contributed by atoms with Crippen LogP contribution in [-0.2, 0) is 41.6 Å². The number of aromatic hydroxyl groups is 1. The minimum Gasteiger partial charge on any atom is -0.508 e. The maximum atomic E-state index is 13.9. The Morgan fingerprint density at radius 3 is 2.30 bits per heavy atom. The van der Waals surface area contributed by atoms with Crippen molar-refractivity contribution < 1.29 is 39.0 Å². The van der Waals surface area contributed by atoms with Crippen LogP contribution in [0.1, 0.15) is 36.8 Å². The van der Waals surface area contributed by atoms with E-state index in [1.807, 2.05) is 0 Å². The standard InChI is InChI=1S/C36H47N9O8/c37-36(38)39-16-4-8-26-31(49)34(52)44-27(19-22-6-2-1-3-7-22)32(50)42-24(18-23-10-13-25(47)14-11-23)12-15-30(48)40-20-28(41-21-46)35(53)45-17-5-9-29(45)33(51)43-26/h1-3,6-7,10-15,24,26-29,41,46-47H,4-5,8-9,16-21H2,(H,40,48)(H,42,50)(H,43,51)(H,44,52)(H4,37,38,39)/b15-12+/t24-,26+,27-,28+,29+/m1/s1. The summed E-state index contributed by atoms with van der Waals surface area (Å²) in [4.78, 5) is 86.9. The van der Waals surface area contributed by atoms with Crippen molar-refractivity contribution in [1.29, 1.82) is 0 Å². The minimum absolute atomic E-state index is 0.00172. The molecule has 0 saturated carbocycles. The number of nitrogens with two attached hydrogens (primary N) is 2. The van der Waals surface area contributed by atoms with E-state index < -0.39 is 72.3 Å². The van der Waals surface area contributed by atoms with Crippen LogP contribution in [0.3, 0.4) is 0 Å². The molecule has 0 unspecified atom stereocenters. The third-order valence-corrected chi connectivity index (χ3v) is 8.86. The van der Waals surface area contributed by atoms with Crippen molar-refractivity contribution >= 4 is 41.3 Å². The molecule has 2 aromatic rings. The van der Waals surface area contributed by atoms with Crippen LogP contribution >= 0.6 is 0 Å². The van der Waals surface area contributed by atoms with Gasteiger partial charge in [0.2, 0.25) is 29.4 Å². The molecule has 5 amide bonds. The summed E-state index contributed by atoms with van der Waals surface area (Å²) in [7, 11) is 0. The summed E-state index contributed by atoms with van der Waals surface area (Å²) in [5.74, 6) is -4.77. The molecule has 2 aliphatic heterocycles. The summed E-state index contributed by atoms with van der Waals surface area (Å²) in [6.07, 6.45) is 3.71. The Hall–Kier alpha value is -5.81. The first-order valence-corrected chi connectivity index (χ1v) is 17.4. The third-order valence-electron chi connectivity index (χ3n) is 8.86. The number of fused-ring (bicyclic) bond motifs is 1. The van der Waals surface area contributed by atoms with Gasteiger partial charge in [0.15, 0.2) is 5.96 Å². The molecular formula is C36H47N9O8. The normalized spacial score (nSPS) is 24.0. The van der Waals surface area contributed by atoms with Crippen molar-refractivity contribution in [2.45, 2.75) is 68.7 Å². The number of ketones is 1. The van der Waals surface area contributed by atoms with E-state index in [4.69, 9.17) is 11.5 Å². The lowest BCUT2D eigenvalue weighted by atomic mass is 10.0.